The van der Waals surface area contributed by atoms with E-state index >= 15 is 0 Å². The summed E-state index contributed by atoms with van der Waals surface area (Å²) in [6, 6.07) is 10.6. The van der Waals surface area contributed by atoms with Crippen LogP contribution in [0.15, 0.2) is 53.2 Å². The van der Waals surface area contributed by atoms with Crippen LogP contribution in [0.5, 0.6) is 5.75 Å². The molecule has 0 atom stereocenters. The lowest BCUT2D eigenvalue weighted by Crippen LogP contribution is -2.16. The molecule has 0 aliphatic heterocycles. The van der Waals surface area contributed by atoms with Crippen molar-refractivity contribution in [3.63, 3.8) is 0 Å². The molecular weight excluding hydrogens is 439 g/mol. The fourth-order valence-electron chi connectivity index (χ4n) is 2.92. The molecule has 3 heterocycles. The van der Waals surface area contributed by atoms with E-state index in [0.29, 0.717) is 23.5 Å². The minimum atomic E-state index is -4.76. The predicted octanol–water partition coefficient (Wildman–Crippen LogP) is 3.59. The summed E-state index contributed by atoms with van der Waals surface area (Å²) >= 11 is 0. The number of nitrogens with zero attached hydrogens (tertiary/aromatic N) is 5. The first-order valence-corrected chi connectivity index (χ1v) is 9.60. The van der Waals surface area contributed by atoms with Gasteiger partial charge in [0.05, 0.1) is 6.54 Å². The third kappa shape index (κ3) is 5.55. The number of aryl methyl sites for hydroxylation is 1. The third-order valence-electron chi connectivity index (χ3n) is 4.43. The summed E-state index contributed by atoms with van der Waals surface area (Å²) < 4.78 is 47.8. The normalized spacial score (nSPS) is 11.2. The maximum Gasteiger partial charge on any atom is 0.573 e. The van der Waals surface area contributed by atoms with E-state index in [1.54, 1.807) is 23.0 Å². The lowest BCUT2D eigenvalue weighted by Gasteiger charge is -2.08. The Labute approximate surface area is 185 Å². The summed E-state index contributed by atoms with van der Waals surface area (Å²) in [5, 5.41) is 17.1. The molecule has 0 saturated carbocycles. The second-order valence-corrected chi connectivity index (χ2v) is 6.84. The van der Waals surface area contributed by atoms with Gasteiger partial charge in [-0.15, -0.1) is 13.2 Å². The Hall–Kier alpha value is -4.17. The number of alkyl halides is 3. The first kappa shape index (κ1) is 22.0. The van der Waals surface area contributed by atoms with Gasteiger partial charge in [0.2, 0.25) is 5.82 Å². The van der Waals surface area contributed by atoms with E-state index in [9.17, 15) is 13.2 Å². The monoisotopic (exact) mass is 455 g/mol. The Morgan fingerprint density at radius 3 is 2.61 bits per heavy atom. The summed E-state index contributed by atoms with van der Waals surface area (Å²) in [6.07, 6.45) is -3.08. The van der Waals surface area contributed by atoms with Crippen LogP contribution < -0.4 is 4.74 Å². The summed E-state index contributed by atoms with van der Waals surface area (Å²) in [5.74, 6) is 5.32. The van der Waals surface area contributed by atoms with Crippen molar-refractivity contribution in [2.45, 2.75) is 19.8 Å². The SMILES string of the molecule is Cc1cc(-c2nc(-c3ccc(OC(F)(F)F)cc3)no2)nn1Cc1ccc(C#CCO)nc1. The molecule has 0 spiro atoms. The molecule has 1 N–H and O–H groups in total. The van der Waals surface area contributed by atoms with Gasteiger partial charge in [-0.05, 0) is 54.8 Å². The first-order valence-electron chi connectivity index (χ1n) is 9.60. The van der Waals surface area contributed by atoms with Gasteiger partial charge in [-0.25, -0.2) is 4.98 Å². The maximum absolute atomic E-state index is 12.3. The minimum absolute atomic E-state index is 0.176. The van der Waals surface area contributed by atoms with E-state index in [0.717, 1.165) is 11.3 Å². The third-order valence-corrected chi connectivity index (χ3v) is 4.43. The summed E-state index contributed by atoms with van der Waals surface area (Å²) in [5.41, 5.74) is 3.23. The van der Waals surface area contributed by atoms with E-state index in [-0.39, 0.29) is 24.1 Å². The summed E-state index contributed by atoms with van der Waals surface area (Å²) in [7, 11) is 0. The lowest BCUT2D eigenvalue weighted by atomic mass is 10.2. The second kappa shape index (κ2) is 9.13. The number of rotatable bonds is 5. The van der Waals surface area contributed by atoms with Gasteiger partial charge in [-0.2, -0.15) is 10.1 Å². The fraction of sp³-hybridized carbons (Fsp3) is 0.182. The van der Waals surface area contributed by atoms with Gasteiger partial charge in [0.25, 0.3) is 5.89 Å². The highest BCUT2D eigenvalue weighted by Gasteiger charge is 2.31. The van der Waals surface area contributed by atoms with Crippen LogP contribution in [0, 0.1) is 18.8 Å². The molecule has 11 heteroatoms. The molecule has 4 rings (SSSR count). The Morgan fingerprint density at radius 1 is 1.15 bits per heavy atom. The average molecular weight is 455 g/mol. The van der Waals surface area contributed by atoms with Crippen molar-refractivity contribution in [2.75, 3.05) is 6.61 Å². The number of hydrogen-bond acceptors (Lipinski definition) is 7. The first-order chi connectivity index (χ1) is 15.8. The van der Waals surface area contributed by atoms with Crippen molar-refractivity contribution >= 4 is 0 Å². The van der Waals surface area contributed by atoms with Crippen molar-refractivity contribution in [2.24, 2.45) is 0 Å². The Morgan fingerprint density at radius 2 is 1.94 bits per heavy atom. The molecule has 0 aliphatic rings. The van der Waals surface area contributed by atoms with Gasteiger partial charge < -0.3 is 14.4 Å². The minimum Gasteiger partial charge on any atom is -0.406 e. The molecule has 0 amide bonds. The summed E-state index contributed by atoms with van der Waals surface area (Å²) in [6.45, 7) is 2.10. The van der Waals surface area contributed by atoms with Gasteiger partial charge in [-0.3, -0.25) is 4.68 Å². The molecule has 1 aromatic carbocycles. The highest BCUT2D eigenvalue weighted by molar-refractivity contribution is 5.58. The fourth-order valence-corrected chi connectivity index (χ4v) is 2.92. The van der Waals surface area contributed by atoms with Crippen LogP contribution in [0.25, 0.3) is 23.0 Å². The largest absolute Gasteiger partial charge is 0.573 e. The smallest absolute Gasteiger partial charge is 0.406 e. The van der Waals surface area contributed by atoms with Gasteiger partial charge >= 0.3 is 6.36 Å². The van der Waals surface area contributed by atoms with E-state index < -0.39 is 6.36 Å². The molecule has 0 fully saturated rings. The van der Waals surface area contributed by atoms with E-state index in [2.05, 4.69) is 36.8 Å². The van der Waals surface area contributed by atoms with Crippen LogP contribution in [0.1, 0.15) is 17.0 Å². The zero-order valence-corrected chi connectivity index (χ0v) is 17.2. The number of aromatic nitrogens is 5. The van der Waals surface area contributed by atoms with Crippen LogP contribution in [0.2, 0.25) is 0 Å². The second-order valence-electron chi connectivity index (χ2n) is 6.84. The maximum atomic E-state index is 12.3. The molecular formula is C22H16F3N5O3. The molecule has 168 valence electrons. The standard InChI is InChI=1S/C22H16F3N5O3/c1-14-11-19(28-30(14)13-15-4-7-17(26-12-15)3-2-10-31)21-27-20(29-33-21)16-5-8-18(9-6-16)32-22(23,24)25/h4-9,11-12,31H,10,13H2,1H3. The number of pyridine rings is 1. The lowest BCUT2D eigenvalue weighted by molar-refractivity contribution is -0.274. The van der Waals surface area contributed by atoms with Gasteiger partial charge in [0, 0.05) is 17.5 Å². The van der Waals surface area contributed by atoms with Crippen LogP contribution >= 0.6 is 0 Å². The number of benzene rings is 1. The number of aliphatic hydroxyl groups excluding tert-OH is 1. The molecule has 0 radical (unpaired) electrons. The van der Waals surface area contributed by atoms with Crippen LogP contribution in [0.4, 0.5) is 13.2 Å². The Balaban J connectivity index is 1.48. The highest BCUT2D eigenvalue weighted by atomic mass is 19.4. The number of ether oxygens (including phenoxy) is 1. The van der Waals surface area contributed by atoms with E-state index in [1.807, 2.05) is 13.0 Å². The van der Waals surface area contributed by atoms with Crippen LogP contribution in [-0.2, 0) is 6.54 Å². The average Bonchev–Trinajstić information content (AvgIpc) is 3.40. The van der Waals surface area contributed by atoms with E-state index in [4.69, 9.17) is 9.63 Å². The zero-order valence-electron chi connectivity index (χ0n) is 17.2. The number of halogens is 3. The number of aliphatic hydroxyl groups is 1. The molecule has 0 saturated heterocycles. The molecule has 33 heavy (non-hydrogen) atoms. The summed E-state index contributed by atoms with van der Waals surface area (Å²) in [4.78, 5) is 8.52. The van der Waals surface area contributed by atoms with Crippen molar-refractivity contribution in [3.8, 4) is 40.6 Å². The zero-order chi connectivity index (χ0) is 23.4. The number of hydrogen-bond donors (Lipinski definition) is 1. The van der Waals surface area contributed by atoms with Crippen LogP contribution in [-0.4, -0.2) is 43.0 Å². The molecule has 0 aliphatic carbocycles. The van der Waals surface area contributed by atoms with Crippen molar-refractivity contribution in [1.29, 1.82) is 0 Å². The predicted molar refractivity (Wildman–Crippen MR) is 110 cm³/mol. The van der Waals surface area contributed by atoms with Gasteiger partial charge in [0.1, 0.15) is 18.1 Å². The van der Waals surface area contributed by atoms with Gasteiger partial charge in [0.15, 0.2) is 5.69 Å². The Kier molecular flexibility index (Phi) is 6.10. The molecule has 0 bridgehead atoms. The van der Waals surface area contributed by atoms with Crippen molar-refractivity contribution in [1.82, 2.24) is 24.9 Å². The topological polar surface area (TPSA) is 99.1 Å². The van der Waals surface area contributed by atoms with Crippen molar-refractivity contribution < 1.29 is 27.5 Å². The van der Waals surface area contributed by atoms with Crippen molar-refractivity contribution in [3.05, 3.63) is 65.6 Å². The highest BCUT2D eigenvalue weighted by Crippen LogP contribution is 2.27. The molecule has 3 aromatic heterocycles. The molecule has 8 nitrogen and oxygen atoms in total. The van der Waals surface area contributed by atoms with Crippen LogP contribution in [0.3, 0.4) is 0 Å². The molecule has 4 aromatic rings. The van der Waals surface area contributed by atoms with Gasteiger partial charge in [-0.1, -0.05) is 17.1 Å². The quantitative estimate of drug-likeness (QED) is 0.459. The molecule has 0 unspecified atom stereocenters. The van der Waals surface area contributed by atoms with E-state index in [1.165, 1.54) is 24.3 Å². The Bertz CT molecular complexity index is 1300.